The summed E-state index contributed by atoms with van der Waals surface area (Å²) in [5, 5.41) is 4.64. The van der Waals surface area contributed by atoms with Crippen LogP contribution in [0.15, 0.2) is 41.0 Å². The van der Waals surface area contributed by atoms with Crippen LogP contribution in [-0.4, -0.2) is 34.9 Å². The largest absolute Gasteiger partial charge is 0.464 e. The van der Waals surface area contributed by atoms with E-state index in [-0.39, 0.29) is 24.4 Å². The van der Waals surface area contributed by atoms with Gasteiger partial charge in [-0.15, -0.1) is 0 Å². The van der Waals surface area contributed by atoms with Gasteiger partial charge in [-0.1, -0.05) is 22.0 Å². The van der Waals surface area contributed by atoms with Gasteiger partial charge in [-0.25, -0.2) is 9.18 Å². The monoisotopic (exact) mass is 465 g/mol. The van der Waals surface area contributed by atoms with E-state index in [4.69, 9.17) is 4.74 Å². The van der Waals surface area contributed by atoms with Crippen molar-refractivity contribution in [1.29, 1.82) is 0 Å². The third kappa shape index (κ3) is 3.80. The standard InChI is InChI=1S/C19H17BrFN3O5/c1-2-29-18(28)19(9-15(25)23-17(19)27)24-7-3-4-14(24)16(26)22-10-11-5-6-12(20)8-13(11)21/h3-8H,2,9-10H2,1H3,(H,22,26)(H,23,25,27)/t19-/m1/s1. The van der Waals surface area contributed by atoms with Gasteiger partial charge in [0, 0.05) is 22.8 Å². The molecule has 0 radical (unpaired) electrons. The Morgan fingerprint density at radius 3 is 2.72 bits per heavy atom. The van der Waals surface area contributed by atoms with Gasteiger partial charge in [0.2, 0.25) is 11.4 Å². The molecule has 1 aliphatic heterocycles. The molecule has 2 N–H and O–H groups in total. The molecule has 1 aromatic carbocycles. The van der Waals surface area contributed by atoms with Gasteiger partial charge in [-0.3, -0.25) is 19.7 Å². The van der Waals surface area contributed by atoms with Crippen LogP contribution in [0.3, 0.4) is 0 Å². The van der Waals surface area contributed by atoms with Crippen LogP contribution in [0.25, 0.3) is 0 Å². The minimum absolute atomic E-state index is 0.00625. The number of nitrogens with zero attached hydrogens (tertiary/aromatic N) is 1. The maximum Gasteiger partial charge on any atom is 0.342 e. The zero-order valence-electron chi connectivity index (χ0n) is 15.3. The molecule has 3 amide bonds. The van der Waals surface area contributed by atoms with Gasteiger partial charge < -0.3 is 14.6 Å². The van der Waals surface area contributed by atoms with Crippen molar-refractivity contribution in [2.24, 2.45) is 0 Å². The topological polar surface area (TPSA) is 106 Å². The Bertz CT molecular complexity index is 1010. The number of hydrogen-bond donors (Lipinski definition) is 2. The number of carbonyl (C=O) groups is 4. The van der Waals surface area contributed by atoms with E-state index in [1.165, 1.54) is 30.5 Å². The van der Waals surface area contributed by atoms with Crippen molar-refractivity contribution in [3.05, 3.63) is 58.1 Å². The molecule has 0 unspecified atom stereocenters. The van der Waals surface area contributed by atoms with Crippen molar-refractivity contribution in [2.75, 3.05) is 6.61 Å². The Hall–Kier alpha value is -3.01. The molecule has 10 heteroatoms. The van der Waals surface area contributed by atoms with Gasteiger partial charge in [0.25, 0.3) is 11.8 Å². The van der Waals surface area contributed by atoms with Crippen LogP contribution < -0.4 is 10.6 Å². The van der Waals surface area contributed by atoms with Crippen molar-refractivity contribution in [3.8, 4) is 0 Å². The number of amides is 3. The zero-order valence-corrected chi connectivity index (χ0v) is 16.9. The molecule has 1 saturated heterocycles. The lowest BCUT2D eigenvalue weighted by Crippen LogP contribution is -2.50. The van der Waals surface area contributed by atoms with Gasteiger partial charge in [-0.05, 0) is 31.2 Å². The number of imide groups is 1. The lowest BCUT2D eigenvalue weighted by atomic mass is 9.96. The minimum Gasteiger partial charge on any atom is -0.464 e. The number of aromatic nitrogens is 1. The van der Waals surface area contributed by atoms with E-state index in [2.05, 4.69) is 26.6 Å². The van der Waals surface area contributed by atoms with Crippen LogP contribution in [0.4, 0.5) is 4.39 Å². The fraction of sp³-hybridized carbons (Fsp3) is 0.263. The van der Waals surface area contributed by atoms with Crippen molar-refractivity contribution in [1.82, 2.24) is 15.2 Å². The molecule has 0 aliphatic carbocycles. The van der Waals surface area contributed by atoms with Gasteiger partial charge in [-0.2, -0.15) is 0 Å². The predicted octanol–water partition coefficient (Wildman–Crippen LogP) is 1.62. The zero-order chi connectivity index (χ0) is 21.2. The number of halogens is 2. The molecule has 2 aromatic rings. The van der Waals surface area contributed by atoms with E-state index in [0.717, 1.165) is 4.57 Å². The van der Waals surface area contributed by atoms with Gasteiger partial charge in [0.05, 0.1) is 13.0 Å². The van der Waals surface area contributed by atoms with Gasteiger partial charge >= 0.3 is 5.97 Å². The first-order chi connectivity index (χ1) is 13.8. The molecular weight excluding hydrogens is 449 g/mol. The summed E-state index contributed by atoms with van der Waals surface area (Å²) in [6.07, 6.45) is 0.866. The number of benzene rings is 1. The average molecular weight is 466 g/mol. The summed E-state index contributed by atoms with van der Waals surface area (Å²) < 4.78 is 20.7. The Morgan fingerprint density at radius 2 is 2.10 bits per heavy atom. The molecule has 0 spiro atoms. The first kappa shape index (κ1) is 20.7. The maximum absolute atomic E-state index is 14.0. The first-order valence-corrected chi connectivity index (χ1v) is 9.50. The van der Waals surface area contributed by atoms with Crippen molar-refractivity contribution in [2.45, 2.75) is 25.4 Å². The Morgan fingerprint density at radius 1 is 1.34 bits per heavy atom. The van der Waals surface area contributed by atoms with E-state index in [1.54, 1.807) is 13.0 Å². The van der Waals surface area contributed by atoms with Crippen molar-refractivity contribution >= 4 is 39.6 Å². The number of rotatable bonds is 6. The average Bonchev–Trinajstić information content (AvgIpc) is 3.25. The lowest BCUT2D eigenvalue weighted by Gasteiger charge is -2.26. The summed E-state index contributed by atoms with van der Waals surface area (Å²) in [6, 6.07) is 7.28. The Balaban J connectivity index is 1.90. The molecular formula is C19H17BrFN3O5. The van der Waals surface area contributed by atoms with Crippen LogP contribution in [0.5, 0.6) is 0 Å². The highest BCUT2D eigenvalue weighted by Crippen LogP contribution is 2.30. The van der Waals surface area contributed by atoms with Gasteiger partial charge in [0.1, 0.15) is 11.5 Å². The van der Waals surface area contributed by atoms with Crippen molar-refractivity contribution < 1.29 is 28.3 Å². The van der Waals surface area contributed by atoms with Crippen molar-refractivity contribution in [3.63, 3.8) is 0 Å². The van der Waals surface area contributed by atoms with Gasteiger partial charge in [0.15, 0.2) is 0 Å². The molecule has 8 nitrogen and oxygen atoms in total. The molecule has 0 bridgehead atoms. The summed E-state index contributed by atoms with van der Waals surface area (Å²) in [4.78, 5) is 49.7. The molecule has 3 rings (SSSR count). The molecule has 0 saturated carbocycles. The van der Waals surface area contributed by atoms with Crippen LogP contribution in [0, 0.1) is 5.82 Å². The minimum atomic E-state index is -2.01. The predicted molar refractivity (Wildman–Crippen MR) is 102 cm³/mol. The summed E-state index contributed by atoms with van der Waals surface area (Å²) in [6.45, 7) is 1.45. The molecule has 152 valence electrons. The fourth-order valence-corrected chi connectivity index (χ4v) is 3.46. The molecule has 1 atom stereocenters. The third-order valence-corrected chi connectivity index (χ3v) is 5.00. The smallest absolute Gasteiger partial charge is 0.342 e. The normalized spacial score (nSPS) is 18.4. The molecule has 2 heterocycles. The second-order valence-electron chi connectivity index (χ2n) is 6.32. The van der Waals surface area contributed by atoms with E-state index in [0.29, 0.717) is 4.47 Å². The summed E-state index contributed by atoms with van der Waals surface area (Å²) >= 11 is 3.16. The lowest BCUT2D eigenvalue weighted by molar-refractivity contribution is -0.157. The Labute approximate surface area is 173 Å². The number of nitrogens with one attached hydrogen (secondary N) is 2. The quantitative estimate of drug-likeness (QED) is 0.383. The highest BCUT2D eigenvalue weighted by molar-refractivity contribution is 9.10. The maximum atomic E-state index is 14.0. The van der Waals surface area contributed by atoms with Crippen LogP contribution >= 0.6 is 15.9 Å². The second kappa shape index (κ2) is 8.16. The number of carbonyl (C=O) groups excluding carboxylic acids is 4. The van der Waals surface area contributed by atoms with Crippen LogP contribution in [0.2, 0.25) is 0 Å². The SMILES string of the molecule is CCOC(=O)[C@@]1(n2cccc2C(=O)NCc2ccc(Br)cc2F)CC(=O)NC1=O. The molecule has 1 aliphatic rings. The highest BCUT2D eigenvalue weighted by Gasteiger charge is 2.56. The summed E-state index contributed by atoms with van der Waals surface area (Å²) in [5.41, 5.74) is -1.79. The number of esters is 1. The molecule has 1 aromatic heterocycles. The highest BCUT2D eigenvalue weighted by atomic mass is 79.9. The molecule has 29 heavy (non-hydrogen) atoms. The molecule has 1 fully saturated rings. The Kier molecular flexibility index (Phi) is 5.83. The van der Waals surface area contributed by atoms with Crippen LogP contribution in [0.1, 0.15) is 29.4 Å². The number of ether oxygens (including phenoxy) is 1. The van der Waals surface area contributed by atoms with E-state index in [9.17, 15) is 23.6 Å². The van der Waals surface area contributed by atoms with E-state index >= 15 is 0 Å². The number of hydrogen-bond acceptors (Lipinski definition) is 5. The van der Waals surface area contributed by atoms with E-state index < -0.39 is 41.5 Å². The first-order valence-electron chi connectivity index (χ1n) is 8.71. The third-order valence-electron chi connectivity index (χ3n) is 4.51. The second-order valence-corrected chi connectivity index (χ2v) is 7.23. The fourth-order valence-electron chi connectivity index (χ4n) is 3.13. The summed E-state index contributed by atoms with van der Waals surface area (Å²) in [5.74, 6) is -3.61. The van der Waals surface area contributed by atoms with Crippen LogP contribution in [-0.2, 0) is 31.2 Å². The summed E-state index contributed by atoms with van der Waals surface area (Å²) in [7, 11) is 0. The van der Waals surface area contributed by atoms with E-state index in [1.807, 2.05) is 0 Å².